The largest absolute Gasteiger partial charge is 0.354 e. The average molecular weight is 284 g/mol. The lowest BCUT2D eigenvalue weighted by Gasteiger charge is -2.25. The lowest BCUT2D eigenvalue weighted by molar-refractivity contribution is -0.121. The first-order chi connectivity index (χ1) is 9.49. The predicted molar refractivity (Wildman–Crippen MR) is 79.3 cm³/mol. The van der Waals surface area contributed by atoms with E-state index in [1.54, 1.807) is 14.1 Å². The van der Waals surface area contributed by atoms with E-state index < -0.39 is 0 Å². The van der Waals surface area contributed by atoms with Crippen molar-refractivity contribution in [2.24, 2.45) is 11.7 Å². The molecule has 0 aromatic rings. The number of hydrogen-bond acceptors (Lipinski definition) is 3. The van der Waals surface area contributed by atoms with Crippen molar-refractivity contribution in [1.82, 2.24) is 15.5 Å². The molecule has 0 aromatic carbocycles. The number of amides is 3. The summed E-state index contributed by atoms with van der Waals surface area (Å²) in [4.78, 5) is 24.4. The Morgan fingerprint density at radius 1 is 1.10 bits per heavy atom. The molecule has 116 valence electrons. The van der Waals surface area contributed by atoms with Crippen LogP contribution in [0.2, 0.25) is 0 Å². The van der Waals surface area contributed by atoms with Gasteiger partial charge in [0.2, 0.25) is 5.91 Å². The van der Waals surface area contributed by atoms with Gasteiger partial charge in [-0.3, -0.25) is 4.79 Å². The van der Waals surface area contributed by atoms with E-state index in [1.165, 1.54) is 4.90 Å². The first-order valence-electron chi connectivity index (χ1n) is 7.46. The Morgan fingerprint density at radius 3 is 2.30 bits per heavy atom. The number of nitrogens with zero attached hydrogens (tertiary/aromatic N) is 1. The van der Waals surface area contributed by atoms with Crippen LogP contribution in [0.25, 0.3) is 0 Å². The van der Waals surface area contributed by atoms with Crippen LogP contribution in [0.15, 0.2) is 0 Å². The molecule has 6 heteroatoms. The van der Waals surface area contributed by atoms with E-state index in [1.807, 2.05) is 0 Å². The second-order valence-electron chi connectivity index (χ2n) is 5.80. The highest BCUT2D eigenvalue weighted by atomic mass is 16.2. The quantitative estimate of drug-likeness (QED) is 0.627. The van der Waals surface area contributed by atoms with Crippen LogP contribution in [0.1, 0.15) is 38.5 Å². The lowest BCUT2D eigenvalue weighted by atomic mass is 9.84. The molecule has 0 unspecified atom stereocenters. The summed E-state index contributed by atoms with van der Waals surface area (Å²) in [5.41, 5.74) is 5.86. The van der Waals surface area contributed by atoms with Gasteiger partial charge in [0, 0.05) is 39.6 Å². The van der Waals surface area contributed by atoms with E-state index in [2.05, 4.69) is 10.6 Å². The third-order valence-electron chi connectivity index (χ3n) is 3.80. The summed E-state index contributed by atoms with van der Waals surface area (Å²) in [7, 11) is 3.37. The number of rotatable bonds is 6. The van der Waals surface area contributed by atoms with Crippen LogP contribution in [0, 0.1) is 5.92 Å². The Balaban J connectivity index is 2.02. The van der Waals surface area contributed by atoms with Gasteiger partial charge in [0.05, 0.1) is 0 Å². The minimum atomic E-state index is -0.141. The van der Waals surface area contributed by atoms with Gasteiger partial charge in [-0.1, -0.05) is 0 Å². The lowest BCUT2D eigenvalue weighted by Crippen LogP contribution is -2.39. The topological polar surface area (TPSA) is 87.5 Å². The number of urea groups is 1. The minimum absolute atomic E-state index is 0.0685. The maximum Gasteiger partial charge on any atom is 0.316 e. The molecule has 0 spiro atoms. The van der Waals surface area contributed by atoms with E-state index in [-0.39, 0.29) is 11.9 Å². The predicted octanol–water partition coefficient (Wildman–Crippen LogP) is 0.672. The van der Waals surface area contributed by atoms with Gasteiger partial charge >= 0.3 is 6.03 Å². The Labute approximate surface area is 121 Å². The molecule has 4 N–H and O–H groups in total. The Morgan fingerprint density at radius 2 is 1.70 bits per heavy atom. The number of hydrogen-bond donors (Lipinski definition) is 3. The van der Waals surface area contributed by atoms with Gasteiger partial charge in [-0.15, -0.1) is 0 Å². The highest BCUT2D eigenvalue weighted by Gasteiger charge is 2.18. The zero-order valence-corrected chi connectivity index (χ0v) is 12.7. The molecule has 0 aliphatic heterocycles. The van der Waals surface area contributed by atoms with Gasteiger partial charge in [-0.2, -0.15) is 0 Å². The standard InChI is InChI=1S/C14H28N4O2/c1-18(2)14(20)17-10-9-16-13(19)8-5-11-3-6-12(15)7-4-11/h11-12H,3-10,15H2,1-2H3,(H,16,19)(H,17,20). The van der Waals surface area contributed by atoms with Crippen LogP contribution >= 0.6 is 0 Å². The molecule has 1 fully saturated rings. The van der Waals surface area contributed by atoms with Gasteiger partial charge in [-0.05, 0) is 38.0 Å². The summed E-state index contributed by atoms with van der Waals surface area (Å²) < 4.78 is 0. The van der Waals surface area contributed by atoms with Gasteiger partial charge < -0.3 is 21.3 Å². The van der Waals surface area contributed by atoms with Crippen LogP contribution in [0.3, 0.4) is 0 Å². The molecule has 3 amide bonds. The molecule has 6 nitrogen and oxygen atoms in total. The molecule has 1 saturated carbocycles. The van der Waals surface area contributed by atoms with Crippen molar-refractivity contribution in [2.45, 2.75) is 44.6 Å². The Kier molecular flexibility index (Phi) is 7.36. The summed E-state index contributed by atoms with van der Waals surface area (Å²) in [6.07, 6.45) is 5.98. The van der Waals surface area contributed by atoms with Crippen LogP contribution in [0.5, 0.6) is 0 Å². The number of nitrogens with one attached hydrogen (secondary N) is 2. The molecule has 1 aliphatic carbocycles. The second-order valence-corrected chi connectivity index (χ2v) is 5.80. The molecule has 1 aliphatic rings. The van der Waals surface area contributed by atoms with Crippen molar-refractivity contribution in [1.29, 1.82) is 0 Å². The highest BCUT2D eigenvalue weighted by molar-refractivity contribution is 5.76. The van der Waals surface area contributed by atoms with Crippen LogP contribution in [-0.4, -0.2) is 50.1 Å². The van der Waals surface area contributed by atoms with Crippen molar-refractivity contribution in [3.05, 3.63) is 0 Å². The summed E-state index contributed by atoms with van der Waals surface area (Å²) in [6.45, 7) is 0.939. The average Bonchev–Trinajstić information content (AvgIpc) is 2.42. The summed E-state index contributed by atoms with van der Waals surface area (Å²) in [5.74, 6) is 0.716. The molecule has 0 radical (unpaired) electrons. The molecular formula is C14H28N4O2. The van der Waals surface area contributed by atoms with Gasteiger partial charge in [-0.25, -0.2) is 4.79 Å². The van der Waals surface area contributed by atoms with Crippen molar-refractivity contribution < 1.29 is 9.59 Å². The zero-order chi connectivity index (χ0) is 15.0. The molecule has 1 rings (SSSR count). The number of carbonyl (C=O) groups excluding carboxylic acids is 2. The van der Waals surface area contributed by atoms with Crippen molar-refractivity contribution >= 4 is 11.9 Å². The fourth-order valence-corrected chi connectivity index (χ4v) is 2.43. The first kappa shape index (κ1) is 16.8. The van der Waals surface area contributed by atoms with Gasteiger partial charge in [0.25, 0.3) is 0 Å². The maximum absolute atomic E-state index is 11.7. The highest BCUT2D eigenvalue weighted by Crippen LogP contribution is 2.26. The van der Waals surface area contributed by atoms with Crippen molar-refractivity contribution in [3.8, 4) is 0 Å². The van der Waals surface area contributed by atoms with E-state index in [0.717, 1.165) is 32.1 Å². The molecule has 20 heavy (non-hydrogen) atoms. The number of nitrogens with two attached hydrogens (primary N) is 1. The van der Waals surface area contributed by atoms with Crippen molar-refractivity contribution in [3.63, 3.8) is 0 Å². The molecular weight excluding hydrogens is 256 g/mol. The van der Waals surface area contributed by atoms with E-state index >= 15 is 0 Å². The van der Waals surface area contributed by atoms with Gasteiger partial charge in [0.1, 0.15) is 0 Å². The Bertz CT molecular complexity index is 312. The number of carbonyl (C=O) groups is 2. The minimum Gasteiger partial charge on any atom is -0.354 e. The van der Waals surface area contributed by atoms with Gasteiger partial charge in [0.15, 0.2) is 0 Å². The molecule has 0 heterocycles. The van der Waals surface area contributed by atoms with Crippen LogP contribution < -0.4 is 16.4 Å². The third kappa shape index (κ3) is 6.75. The SMILES string of the molecule is CN(C)C(=O)NCCNC(=O)CCC1CCC(N)CC1. The van der Waals surface area contributed by atoms with E-state index in [4.69, 9.17) is 5.73 Å². The van der Waals surface area contributed by atoms with Crippen LogP contribution in [0.4, 0.5) is 4.79 Å². The third-order valence-corrected chi connectivity index (χ3v) is 3.80. The summed E-state index contributed by atoms with van der Waals surface area (Å²) in [5, 5.41) is 5.53. The fraction of sp³-hybridized carbons (Fsp3) is 0.857. The second kappa shape index (κ2) is 8.79. The fourth-order valence-electron chi connectivity index (χ4n) is 2.43. The monoisotopic (exact) mass is 284 g/mol. The van der Waals surface area contributed by atoms with Crippen molar-refractivity contribution in [2.75, 3.05) is 27.2 Å². The maximum atomic E-state index is 11.7. The van der Waals surface area contributed by atoms with E-state index in [9.17, 15) is 9.59 Å². The smallest absolute Gasteiger partial charge is 0.316 e. The molecule has 0 aromatic heterocycles. The van der Waals surface area contributed by atoms with E-state index in [0.29, 0.717) is 31.5 Å². The summed E-state index contributed by atoms with van der Waals surface area (Å²) >= 11 is 0. The first-order valence-corrected chi connectivity index (χ1v) is 7.46. The molecule has 0 saturated heterocycles. The zero-order valence-electron chi connectivity index (χ0n) is 12.7. The normalized spacial score (nSPS) is 22.1. The molecule has 0 bridgehead atoms. The molecule has 0 atom stereocenters. The summed E-state index contributed by atoms with van der Waals surface area (Å²) in [6, 6.07) is 0.221. The Hall–Kier alpha value is -1.30. The van der Waals surface area contributed by atoms with Crippen LogP contribution in [-0.2, 0) is 4.79 Å².